The van der Waals surface area contributed by atoms with Crippen LogP contribution < -0.4 is 5.14 Å². The minimum Gasteiger partial charge on any atom is -0.238 e. The largest absolute Gasteiger partial charge is 0.281 e. The van der Waals surface area contributed by atoms with E-state index < -0.39 is 32.6 Å². The molecule has 2 N–H and O–H groups in total. The second-order valence-corrected chi connectivity index (χ2v) is 5.00. The van der Waals surface area contributed by atoms with Crippen LogP contribution in [0, 0.1) is 11.3 Å². The molecule has 0 radical (unpaired) electrons. The van der Waals surface area contributed by atoms with Gasteiger partial charge in [-0.05, 0) is 22.0 Å². The maximum atomic E-state index is 12.5. The van der Waals surface area contributed by atoms with E-state index in [2.05, 4.69) is 20.9 Å². The van der Waals surface area contributed by atoms with Gasteiger partial charge in [0.05, 0.1) is 5.56 Å². The number of primary sulfonamides is 1. The Morgan fingerprint density at radius 3 is 2.50 bits per heavy atom. The highest BCUT2D eigenvalue weighted by Gasteiger charge is 2.24. The lowest BCUT2D eigenvalue weighted by atomic mass is 10.2. The monoisotopic (exact) mass is 311 g/mol. The highest BCUT2D eigenvalue weighted by atomic mass is 79.9. The Morgan fingerprint density at radius 2 is 2.12 bits per heavy atom. The molecule has 1 rings (SSSR count). The second-order valence-electron chi connectivity index (χ2n) is 2.66. The molecule has 1 heterocycles. The molecule has 0 fully saturated rings. The van der Waals surface area contributed by atoms with Gasteiger partial charge in [-0.15, -0.1) is 0 Å². The Balaban J connectivity index is 3.71. The van der Waals surface area contributed by atoms with Gasteiger partial charge in [0, 0.05) is 0 Å². The molecule has 5 nitrogen and oxygen atoms in total. The van der Waals surface area contributed by atoms with Gasteiger partial charge in [-0.25, -0.2) is 27.3 Å². The molecule has 0 saturated carbocycles. The summed E-state index contributed by atoms with van der Waals surface area (Å²) in [6.45, 7) is 0. The summed E-state index contributed by atoms with van der Waals surface area (Å²) in [4.78, 5) is 2.67. The fourth-order valence-electron chi connectivity index (χ4n) is 1.00. The number of sulfonamides is 1. The quantitative estimate of drug-likeness (QED) is 0.832. The first-order valence-electron chi connectivity index (χ1n) is 3.69. The van der Waals surface area contributed by atoms with E-state index in [-0.39, 0.29) is 4.60 Å². The predicted octanol–water partition coefficient (Wildman–Crippen LogP) is 1.30. The lowest BCUT2D eigenvalue weighted by Crippen LogP contribution is -2.16. The van der Waals surface area contributed by atoms with E-state index in [1.54, 1.807) is 0 Å². The van der Waals surface area contributed by atoms with Crippen molar-refractivity contribution in [3.8, 4) is 6.07 Å². The number of rotatable bonds is 2. The fraction of sp³-hybridized carbons (Fsp3) is 0.143. The lowest BCUT2D eigenvalue weighted by Gasteiger charge is -2.07. The molecule has 86 valence electrons. The maximum Gasteiger partial charge on any atom is 0.281 e. The Labute approximate surface area is 98.1 Å². The van der Waals surface area contributed by atoms with Gasteiger partial charge in [-0.3, -0.25) is 0 Å². The van der Waals surface area contributed by atoms with Crippen molar-refractivity contribution < 1.29 is 17.2 Å². The highest BCUT2D eigenvalue weighted by molar-refractivity contribution is 9.10. The average Bonchev–Trinajstić information content (AvgIpc) is 2.14. The van der Waals surface area contributed by atoms with Crippen LogP contribution in [0.3, 0.4) is 0 Å². The van der Waals surface area contributed by atoms with Crippen molar-refractivity contribution in [3.05, 3.63) is 21.9 Å². The van der Waals surface area contributed by atoms with Crippen molar-refractivity contribution in [1.82, 2.24) is 4.98 Å². The molecule has 0 spiro atoms. The standard InChI is InChI=1S/C7H4BrF2N3O2S/c8-5-1-4(16(12,14)15)3(2-11)6(13-5)7(9)10/h1,7H,(H2,12,14,15). The number of nitrogens with two attached hydrogens (primary N) is 1. The molecule has 0 bridgehead atoms. The van der Waals surface area contributed by atoms with Crippen molar-refractivity contribution in [2.45, 2.75) is 11.3 Å². The van der Waals surface area contributed by atoms with Crippen molar-refractivity contribution in [2.75, 3.05) is 0 Å². The van der Waals surface area contributed by atoms with Crippen LogP contribution in [0.15, 0.2) is 15.6 Å². The molecule has 0 aliphatic rings. The maximum absolute atomic E-state index is 12.5. The smallest absolute Gasteiger partial charge is 0.238 e. The highest BCUT2D eigenvalue weighted by Crippen LogP contribution is 2.27. The van der Waals surface area contributed by atoms with E-state index >= 15 is 0 Å². The third kappa shape index (κ3) is 2.52. The Morgan fingerprint density at radius 1 is 1.56 bits per heavy atom. The first-order chi connectivity index (χ1) is 7.27. The molecule has 1 aromatic heterocycles. The summed E-state index contributed by atoms with van der Waals surface area (Å²) in [7, 11) is -4.25. The third-order valence-corrected chi connectivity index (χ3v) is 2.95. The zero-order chi connectivity index (χ0) is 12.5. The van der Waals surface area contributed by atoms with Gasteiger partial charge in [0.2, 0.25) is 10.0 Å². The molecular weight excluding hydrogens is 308 g/mol. The molecule has 0 amide bonds. The molecule has 16 heavy (non-hydrogen) atoms. The fourth-order valence-corrected chi connectivity index (χ4v) is 2.29. The van der Waals surface area contributed by atoms with Crippen LogP contribution in [-0.4, -0.2) is 13.4 Å². The van der Waals surface area contributed by atoms with Gasteiger partial charge >= 0.3 is 0 Å². The molecule has 9 heteroatoms. The molecule has 0 atom stereocenters. The number of nitriles is 1. The molecular formula is C7H4BrF2N3O2S. The number of aromatic nitrogens is 1. The van der Waals surface area contributed by atoms with Crippen molar-refractivity contribution in [1.29, 1.82) is 5.26 Å². The minimum atomic E-state index is -4.25. The van der Waals surface area contributed by atoms with Crippen molar-refractivity contribution >= 4 is 26.0 Å². The van der Waals surface area contributed by atoms with Crippen molar-refractivity contribution in [2.24, 2.45) is 5.14 Å². The lowest BCUT2D eigenvalue weighted by molar-refractivity contribution is 0.145. The Bertz CT molecular complexity index is 568. The third-order valence-electron chi connectivity index (χ3n) is 1.61. The van der Waals surface area contributed by atoms with E-state index in [0.29, 0.717) is 0 Å². The minimum absolute atomic E-state index is 0.133. The van der Waals surface area contributed by atoms with Gasteiger partial charge in [0.25, 0.3) is 6.43 Å². The summed E-state index contributed by atoms with van der Waals surface area (Å²) < 4.78 is 47.0. The zero-order valence-electron chi connectivity index (χ0n) is 7.49. The van der Waals surface area contributed by atoms with Crippen LogP contribution in [0.25, 0.3) is 0 Å². The van der Waals surface area contributed by atoms with Crippen LogP contribution >= 0.6 is 15.9 Å². The molecule has 1 aromatic rings. The van der Waals surface area contributed by atoms with E-state index in [9.17, 15) is 17.2 Å². The van der Waals surface area contributed by atoms with E-state index in [4.69, 9.17) is 10.4 Å². The topological polar surface area (TPSA) is 96.8 Å². The normalized spacial score (nSPS) is 11.5. The summed E-state index contributed by atoms with van der Waals surface area (Å²) in [6, 6.07) is 2.26. The summed E-state index contributed by atoms with van der Waals surface area (Å²) in [5.74, 6) is 0. The second kappa shape index (κ2) is 4.40. The first kappa shape index (κ1) is 13.0. The van der Waals surface area contributed by atoms with Gasteiger partial charge < -0.3 is 0 Å². The Hall–Kier alpha value is -1.11. The number of pyridine rings is 1. The SMILES string of the molecule is N#Cc1c(S(N)(=O)=O)cc(Br)nc1C(F)F. The van der Waals surface area contributed by atoms with Gasteiger partial charge in [-0.1, -0.05) is 0 Å². The van der Waals surface area contributed by atoms with Crippen LogP contribution in [0.4, 0.5) is 8.78 Å². The summed E-state index contributed by atoms with van der Waals surface area (Å²) in [6.07, 6.45) is -3.06. The summed E-state index contributed by atoms with van der Waals surface area (Å²) >= 11 is 2.76. The van der Waals surface area contributed by atoms with Crippen LogP contribution in [0.5, 0.6) is 0 Å². The number of nitrogens with zero attached hydrogens (tertiary/aromatic N) is 2. The predicted molar refractivity (Wildman–Crippen MR) is 53.0 cm³/mol. The molecule has 0 saturated heterocycles. The number of hydrogen-bond acceptors (Lipinski definition) is 4. The van der Waals surface area contributed by atoms with Crippen molar-refractivity contribution in [3.63, 3.8) is 0 Å². The number of alkyl halides is 2. The van der Waals surface area contributed by atoms with E-state index in [0.717, 1.165) is 6.07 Å². The first-order valence-corrected chi connectivity index (χ1v) is 6.02. The zero-order valence-corrected chi connectivity index (χ0v) is 9.89. The van der Waals surface area contributed by atoms with Gasteiger partial charge in [-0.2, -0.15) is 5.26 Å². The number of hydrogen-bond donors (Lipinski definition) is 1. The van der Waals surface area contributed by atoms with Gasteiger partial charge in [0.15, 0.2) is 0 Å². The average molecular weight is 312 g/mol. The Kier molecular flexibility index (Phi) is 3.57. The summed E-state index contributed by atoms with van der Waals surface area (Å²) in [5, 5.41) is 13.4. The van der Waals surface area contributed by atoms with Crippen LogP contribution in [-0.2, 0) is 10.0 Å². The van der Waals surface area contributed by atoms with Gasteiger partial charge in [0.1, 0.15) is 21.3 Å². The molecule has 0 aliphatic carbocycles. The molecule has 0 unspecified atom stereocenters. The van der Waals surface area contributed by atoms with Crippen LogP contribution in [0.2, 0.25) is 0 Å². The van der Waals surface area contributed by atoms with E-state index in [1.807, 2.05) is 0 Å². The van der Waals surface area contributed by atoms with E-state index in [1.165, 1.54) is 6.07 Å². The number of halogens is 3. The van der Waals surface area contributed by atoms with Crippen LogP contribution in [0.1, 0.15) is 17.7 Å². The summed E-state index contributed by atoms with van der Waals surface area (Å²) in [5.41, 5.74) is -1.65. The molecule has 0 aliphatic heterocycles. The molecule has 0 aromatic carbocycles.